The first-order valence-corrected chi connectivity index (χ1v) is 12.6. The zero-order valence-electron chi connectivity index (χ0n) is 19.1. The average Bonchev–Trinajstić information content (AvgIpc) is 2.78. The van der Waals surface area contributed by atoms with E-state index in [2.05, 4.69) is 13.5 Å². The third kappa shape index (κ3) is 5.04. The van der Waals surface area contributed by atoms with Crippen molar-refractivity contribution in [3.05, 3.63) is 59.7 Å². The van der Waals surface area contributed by atoms with Gasteiger partial charge in [0.15, 0.2) is 0 Å². The van der Waals surface area contributed by atoms with Crippen molar-refractivity contribution < 1.29 is 8.78 Å². The monoisotopic (exact) mass is 424 g/mol. The predicted molar refractivity (Wildman–Crippen MR) is 127 cm³/mol. The summed E-state index contributed by atoms with van der Waals surface area (Å²) >= 11 is 0. The fourth-order valence-electron chi connectivity index (χ4n) is 6.35. The maximum absolute atomic E-state index is 15.5. The van der Waals surface area contributed by atoms with Crippen LogP contribution in [0, 0.1) is 29.4 Å². The van der Waals surface area contributed by atoms with E-state index in [0.717, 1.165) is 48.0 Å². The van der Waals surface area contributed by atoms with Gasteiger partial charge in [-0.3, -0.25) is 0 Å². The number of unbranched alkanes of at least 4 members (excludes halogenated alkanes) is 2. The van der Waals surface area contributed by atoms with Crippen LogP contribution >= 0.6 is 0 Å². The normalized spacial score (nSPS) is 26.0. The first-order chi connectivity index (χ1) is 15.1. The quantitative estimate of drug-likeness (QED) is 0.293. The molecule has 0 radical (unpaired) electrons. The number of rotatable bonds is 8. The molecule has 4 rings (SSSR count). The van der Waals surface area contributed by atoms with Crippen molar-refractivity contribution >= 4 is 10.8 Å². The van der Waals surface area contributed by atoms with E-state index in [1.54, 1.807) is 6.08 Å². The summed E-state index contributed by atoms with van der Waals surface area (Å²) in [5, 5.41) is 1.25. The lowest BCUT2D eigenvalue weighted by Gasteiger charge is -2.42. The van der Waals surface area contributed by atoms with Crippen molar-refractivity contribution in [1.82, 2.24) is 0 Å². The Morgan fingerprint density at radius 3 is 2.61 bits per heavy atom. The Morgan fingerprint density at radius 2 is 1.81 bits per heavy atom. The molecule has 0 spiro atoms. The summed E-state index contributed by atoms with van der Waals surface area (Å²) in [6.45, 7) is 5.99. The van der Waals surface area contributed by atoms with Gasteiger partial charge in [-0.05, 0) is 97.3 Å². The van der Waals surface area contributed by atoms with Crippen molar-refractivity contribution in [2.24, 2.45) is 17.8 Å². The van der Waals surface area contributed by atoms with E-state index in [-0.39, 0.29) is 17.6 Å². The Labute approximate surface area is 187 Å². The van der Waals surface area contributed by atoms with E-state index in [1.807, 2.05) is 18.2 Å². The molecule has 2 aliphatic rings. The molecular formula is C29H38F2. The van der Waals surface area contributed by atoms with Gasteiger partial charge >= 0.3 is 0 Å². The molecule has 2 aliphatic carbocycles. The fraction of sp³-hybridized carbons (Fsp3) is 0.586. The van der Waals surface area contributed by atoms with Crippen molar-refractivity contribution in [1.29, 1.82) is 0 Å². The van der Waals surface area contributed by atoms with Gasteiger partial charge in [-0.2, -0.15) is 0 Å². The lowest BCUT2D eigenvalue weighted by Crippen LogP contribution is -2.30. The van der Waals surface area contributed by atoms with Gasteiger partial charge in [0.05, 0.1) is 0 Å². The first kappa shape index (κ1) is 22.5. The van der Waals surface area contributed by atoms with E-state index in [9.17, 15) is 4.39 Å². The molecule has 2 heteroatoms. The highest BCUT2D eigenvalue weighted by Gasteiger charge is 2.36. The summed E-state index contributed by atoms with van der Waals surface area (Å²) in [6, 6.07) is 7.22. The van der Waals surface area contributed by atoms with Crippen LogP contribution in [0.5, 0.6) is 0 Å². The Hall–Kier alpha value is -1.70. The lowest BCUT2D eigenvalue weighted by molar-refractivity contribution is 0.112. The molecule has 2 aromatic rings. The third-order valence-corrected chi connectivity index (χ3v) is 8.15. The van der Waals surface area contributed by atoms with E-state index >= 15 is 4.39 Å². The van der Waals surface area contributed by atoms with E-state index in [1.165, 1.54) is 57.4 Å². The maximum atomic E-state index is 15.5. The fourth-order valence-corrected chi connectivity index (χ4v) is 6.35. The number of fused-ring (bicyclic) bond motifs is 2. The predicted octanol–water partition coefficient (Wildman–Crippen LogP) is 9.12. The van der Waals surface area contributed by atoms with Crippen LogP contribution in [0.3, 0.4) is 0 Å². The van der Waals surface area contributed by atoms with Crippen molar-refractivity contribution in [3.63, 3.8) is 0 Å². The molecule has 31 heavy (non-hydrogen) atoms. The summed E-state index contributed by atoms with van der Waals surface area (Å²) in [7, 11) is 0. The molecule has 2 saturated carbocycles. The van der Waals surface area contributed by atoms with Crippen molar-refractivity contribution in [3.8, 4) is 0 Å². The molecule has 0 nitrogen and oxygen atoms in total. The summed E-state index contributed by atoms with van der Waals surface area (Å²) in [6.07, 6.45) is 16.1. The highest BCUT2D eigenvalue weighted by atomic mass is 19.1. The van der Waals surface area contributed by atoms with Crippen LogP contribution in [0.25, 0.3) is 10.8 Å². The van der Waals surface area contributed by atoms with Gasteiger partial charge in [-0.25, -0.2) is 8.78 Å². The zero-order valence-corrected chi connectivity index (χ0v) is 19.1. The van der Waals surface area contributed by atoms with Crippen LogP contribution < -0.4 is 0 Å². The van der Waals surface area contributed by atoms with Crippen molar-refractivity contribution in [2.75, 3.05) is 0 Å². The smallest absolute Gasteiger partial charge is 0.134 e. The van der Waals surface area contributed by atoms with E-state index < -0.39 is 0 Å². The van der Waals surface area contributed by atoms with Gasteiger partial charge in [-0.1, -0.05) is 57.2 Å². The Kier molecular flexibility index (Phi) is 7.46. The number of allylic oxidation sites excluding steroid dienone is 1. The van der Waals surface area contributed by atoms with Crippen molar-refractivity contribution in [2.45, 2.75) is 89.9 Å². The minimum atomic E-state index is -0.296. The van der Waals surface area contributed by atoms with Crippen LogP contribution in [0.2, 0.25) is 0 Å². The number of hydrogen-bond donors (Lipinski definition) is 0. The van der Waals surface area contributed by atoms with Gasteiger partial charge in [0.25, 0.3) is 0 Å². The number of halogens is 2. The van der Waals surface area contributed by atoms with Gasteiger partial charge < -0.3 is 0 Å². The Morgan fingerprint density at radius 1 is 1.00 bits per heavy atom. The molecule has 0 heterocycles. The average molecular weight is 425 g/mol. The Balaban J connectivity index is 1.46. The standard InChI is InChI=1S/C29H38F2/c1-3-5-7-8-20-10-11-22-17-23(13-12-21(22)16-20)26-15-14-24-18-25(9-6-4-2)28(30)19-27(24)29(26)31/h4,14-15,18-23H,2-3,5-13,16-17H2,1H3. The second kappa shape index (κ2) is 10.3. The summed E-state index contributed by atoms with van der Waals surface area (Å²) < 4.78 is 30.1. The molecule has 0 aromatic heterocycles. The molecule has 2 aromatic carbocycles. The largest absolute Gasteiger partial charge is 0.207 e. The molecule has 4 unspecified atom stereocenters. The molecule has 0 N–H and O–H groups in total. The highest BCUT2D eigenvalue weighted by Crippen LogP contribution is 2.49. The second-order valence-electron chi connectivity index (χ2n) is 10.2. The minimum absolute atomic E-state index is 0.191. The molecule has 0 aliphatic heterocycles. The highest BCUT2D eigenvalue weighted by molar-refractivity contribution is 5.85. The summed E-state index contributed by atoms with van der Waals surface area (Å²) in [5.74, 6) is 2.30. The van der Waals surface area contributed by atoms with Gasteiger partial charge in [0.2, 0.25) is 0 Å². The van der Waals surface area contributed by atoms with Crippen LogP contribution in [0.1, 0.15) is 94.6 Å². The molecule has 168 valence electrons. The van der Waals surface area contributed by atoms with Gasteiger partial charge in [0, 0.05) is 5.39 Å². The molecule has 2 fully saturated rings. The molecule has 4 atom stereocenters. The summed E-state index contributed by atoms with van der Waals surface area (Å²) in [4.78, 5) is 0. The third-order valence-electron chi connectivity index (χ3n) is 8.15. The van der Waals surface area contributed by atoms with E-state index in [4.69, 9.17) is 0 Å². The lowest BCUT2D eigenvalue weighted by atomic mass is 9.63. The molecule has 0 amide bonds. The zero-order chi connectivity index (χ0) is 21.8. The minimum Gasteiger partial charge on any atom is -0.207 e. The SMILES string of the molecule is C=CCCc1cc2ccc(C3CCC4CC(CCCCC)CCC4C3)c(F)c2cc1F. The Bertz CT molecular complexity index is 899. The number of benzene rings is 2. The number of aryl methyl sites for hydroxylation is 1. The molecule has 0 saturated heterocycles. The van der Waals surface area contributed by atoms with Crippen LogP contribution in [-0.2, 0) is 6.42 Å². The topological polar surface area (TPSA) is 0 Å². The van der Waals surface area contributed by atoms with E-state index in [0.29, 0.717) is 17.4 Å². The first-order valence-electron chi connectivity index (χ1n) is 12.6. The molecular weight excluding hydrogens is 386 g/mol. The second-order valence-corrected chi connectivity index (χ2v) is 10.2. The van der Waals surface area contributed by atoms with Gasteiger partial charge in [-0.15, -0.1) is 6.58 Å². The number of hydrogen-bond acceptors (Lipinski definition) is 0. The van der Waals surface area contributed by atoms with Crippen LogP contribution in [0.4, 0.5) is 8.78 Å². The van der Waals surface area contributed by atoms with Crippen LogP contribution in [-0.4, -0.2) is 0 Å². The molecule has 0 bridgehead atoms. The van der Waals surface area contributed by atoms with Crippen LogP contribution in [0.15, 0.2) is 36.9 Å². The summed E-state index contributed by atoms with van der Waals surface area (Å²) in [5.41, 5.74) is 1.46. The maximum Gasteiger partial charge on any atom is 0.134 e. The van der Waals surface area contributed by atoms with Gasteiger partial charge in [0.1, 0.15) is 11.6 Å².